The fourth-order valence-electron chi connectivity index (χ4n) is 3.58. The molecule has 6 nitrogen and oxygen atoms in total. The molecule has 1 aliphatic rings. The third-order valence-electron chi connectivity index (χ3n) is 5.01. The molecule has 152 valence electrons. The molecule has 1 N–H and O–H groups in total. The van der Waals surface area contributed by atoms with Crippen LogP contribution in [-0.2, 0) is 17.7 Å². The Hall–Kier alpha value is -2.34. The molecule has 0 unspecified atom stereocenters. The zero-order valence-corrected chi connectivity index (χ0v) is 17.2. The highest BCUT2D eigenvalue weighted by atomic mass is 16.6. The summed E-state index contributed by atoms with van der Waals surface area (Å²) in [6.45, 7) is 10.1. The number of carbonyl (C=O) groups is 1. The van der Waals surface area contributed by atoms with Crippen LogP contribution in [0.4, 0.5) is 4.79 Å². The average molecular weight is 386 g/mol. The van der Waals surface area contributed by atoms with Gasteiger partial charge in [-0.3, -0.25) is 4.90 Å². The summed E-state index contributed by atoms with van der Waals surface area (Å²) in [7, 11) is 0. The summed E-state index contributed by atoms with van der Waals surface area (Å²) in [4.78, 5) is 26.2. The standard InChI is InChI=1S/C22H30N2O4/c1-5-15-6-7-18-16(13-20(25)27-19(18)12-15)14-24-10-8-17(9-11-24)23-21(26)28-22(2,3)4/h6-7,12-13,17H,5,8-11,14H2,1-4H3,(H,23,26). The summed E-state index contributed by atoms with van der Waals surface area (Å²) in [6.07, 6.45) is 2.27. The highest BCUT2D eigenvalue weighted by Gasteiger charge is 2.24. The van der Waals surface area contributed by atoms with Crippen LogP contribution in [0.5, 0.6) is 0 Å². The van der Waals surface area contributed by atoms with E-state index in [-0.39, 0.29) is 17.8 Å². The minimum Gasteiger partial charge on any atom is -0.444 e. The highest BCUT2D eigenvalue weighted by Crippen LogP contribution is 2.22. The van der Waals surface area contributed by atoms with Gasteiger partial charge >= 0.3 is 11.7 Å². The number of alkyl carbamates (subject to hydrolysis) is 1. The van der Waals surface area contributed by atoms with E-state index in [0.717, 1.165) is 48.9 Å². The van der Waals surface area contributed by atoms with Gasteiger partial charge in [0.05, 0.1) is 0 Å². The lowest BCUT2D eigenvalue weighted by atomic mass is 10.0. The Balaban J connectivity index is 1.62. The van der Waals surface area contributed by atoms with Crippen molar-refractivity contribution in [3.63, 3.8) is 0 Å². The third kappa shape index (κ3) is 5.35. The first-order valence-electron chi connectivity index (χ1n) is 10.0. The van der Waals surface area contributed by atoms with Gasteiger partial charge in [-0.15, -0.1) is 0 Å². The molecule has 0 bridgehead atoms. The summed E-state index contributed by atoms with van der Waals surface area (Å²) in [5.74, 6) is 0. The van der Waals surface area contributed by atoms with Crippen molar-refractivity contribution in [2.24, 2.45) is 0 Å². The molecule has 1 aliphatic heterocycles. The van der Waals surface area contributed by atoms with Gasteiger partial charge < -0.3 is 14.5 Å². The SMILES string of the molecule is CCc1ccc2c(CN3CCC(NC(=O)OC(C)(C)C)CC3)cc(=O)oc2c1. The van der Waals surface area contributed by atoms with Crippen molar-refractivity contribution >= 4 is 17.1 Å². The zero-order chi connectivity index (χ0) is 20.3. The number of aryl methyl sites for hydroxylation is 1. The van der Waals surface area contributed by atoms with Gasteiger partial charge in [-0.05, 0) is 57.2 Å². The number of piperidine rings is 1. The number of likely N-dealkylation sites (tertiary alicyclic amines) is 1. The van der Waals surface area contributed by atoms with Crippen LogP contribution in [0.3, 0.4) is 0 Å². The fourth-order valence-corrected chi connectivity index (χ4v) is 3.58. The predicted molar refractivity (Wildman–Crippen MR) is 110 cm³/mol. The molecule has 6 heteroatoms. The van der Waals surface area contributed by atoms with Crippen molar-refractivity contribution in [1.29, 1.82) is 0 Å². The van der Waals surface area contributed by atoms with Crippen molar-refractivity contribution in [3.8, 4) is 0 Å². The maximum Gasteiger partial charge on any atom is 0.407 e. The lowest BCUT2D eigenvalue weighted by molar-refractivity contribution is 0.0477. The summed E-state index contributed by atoms with van der Waals surface area (Å²) in [5.41, 5.74) is 2.01. The molecule has 0 spiro atoms. The molecular weight excluding hydrogens is 356 g/mol. The first kappa shape index (κ1) is 20.4. The number of benzene rings is 1. The molecule has 1 aromatic carbocycles. The van der Waals surface area contributed by atoms with Crippen LogP contribution >= 0.6 is 0 Å². The Morgan fingerprint density at radius 1 is 1.25 bits per heavy atom. The maximum absolute atomic E-state index is 12.0. The molecule has 1 aromatic heterocycles. The molecule has 0 radical (unpaired) electrons. The van der Waals surface area contributed by atoms with Crippen molar-refractivity contribution < 1.29 is 13.9 Å². The smallest absolute Gasteiger partial charge is 0.407 e. The number of nitrogens with zero attached hydrogens (tertiary/aromatic N) is 1. The van der Waals surface area contributed by atoms with Crippen LogP contribution < -0.4 is 10.9 Å². The minimum atomic E-state index is -0.488. The second-order valence-electron chi connectivity index (χ2n) is 8.47. The van der Waals surface area contributed by atoms with Crippen LogP contribution in [0, 0.1) is 0 Å². The summed E-state index contributed by atoms with van der Waals surface area (Å²) < 4.78 is 10.7. The number of fused-ring (bicyclic) bond motifs is 1. The second-order valence-corrected chi connectivity index (χ2v) is 8.47. The predicted octanol–water partition coefficient (Wildman–Crippen LogP) is 3.84. The summed E-state index contributed by atoms with van der Waals surface area (Å²) in [6, 6.07) is 7.80. The zero-order valence-electron chi connectivity index (χ0n) is 17.2. The third-order valence-corrected chi connectivity index (χ3v) is 5.01. The molecule has 2 heterocycles. The van der Waals surface area contributed by atoms with Gasteiger partial charge in [0.2, 0.25) is 0 Å². The maximum atomic E-state index is 12.0. The van der Waals surface area contributed by atoms with E-state index in [2.05, 4.69) is 23.2 Å². The van der Waals surface area contributed by atoms with Crippen LogP contribution in [-0.4, -0.2) is 35.7 Å². The van der Waals surface area contributed by atoms with Crippen LogP contribution in [0.2, 0.25) is 0 Å². The number of hydrogen-bond donors (Lipinski definition) is 1. The first-order valence-corrected chi connectivity index (χ1v) is 10.0. The molecular formula is C22H30N2O4. The van der Waals surface area contributed by atoms with Gasteiger partial charge in [-0.2, -0.15) is 0 Å². The molecule has 2 aromatic rings. The monoisotopic (exact) mass is 386 g/mol. The van der Waals surface area contributed by atoms with Crippen molar-refractivity contribution in [2.75, 3.05) is 13.1 Å². The van der Waals surface area contributed by atoms with E-state index in [1.165, 1.54) is 0 Å². The number of ether oxygens (including phenoxy) is 1. The Kier molecular flexibility index (Phi) is 6.08. The molecule has 28 heavy (non-hydrogen) atoms. The first-order chi connectivity index (χ1) is 13.2. The van der Waals surface area contributed by atoms with Gasteiger partial charge in [0.1, 0.15) is 11.2 Å². The number of nitrogens with one attached hydrogen (secondary N) is 1. The summed E-state index contributed by atoms with van der Waals surface area (Å²) >= 11 is 0. The lowest BCUT2D eigenvalue weighted by Gasteiger charge is -2.33. The number of rotatable bonds is 4. The van der Waals surface area contributed by atoms with Crippen LogP contribution in [0.1, 0.15) is 51.7 Å². The Bertz CT molecular complexity index is 890. The molecule has 0 aliphatic carbocycles. The van der Waals surface area contributed by atoms with Crippen LogP contribution in [0.15, 0.2) is 33.5 Å². The quantitative estimate of drug-likeness (QED) is 0.808. The molecule has 1 fully saturated rings. The van der Waals surface area contributed by atoms with Gasteiger partial charge in [0.25, 0.3) is 0 Å². The van der Waals surface area contributed by atoms with E-state index >= 15 is 0 Å². The second kappa shape index (κ2) is 8.35. The number of amides is 1. The average Bonchev–Trinajstić information content (AvgIpc) is 2.61. The Morgan fingerprint density at radius 3 is 2.61 bits per heavy atom. The van der Waals surface area contributed by atoms with Crippen molar-refractivity contribution in [2.45, 2.75) is 65.1 Å². The number of hydrogen-bond acceptors (Lipinski definition) is 5. The van der Waals surface area contributed by atoms with Gasteiger partial charge in [-0.1, -0.05) is 19.1 Å². The van der Waals surface area contributed by atoms with Crippen LogP contribution in [0.25, 0.3) is 11.0 Å². The normalized spacial score (nSPS) is 16.3. The van der Waals surface area contributed by atoms with Gasteiger partial charge in [0.15, 0.2) is 0 Å². The fraction of sp³-hybridized carbons (Fsp3) is 0.545. The van der Waals surface area contributed by atoms with E-state index in [1.54, 1.807) is 6.07 Å². The lowest BCUT2D eigenvalue weighted by Crippen LogP contribution is -2.45. The van der Waals surface area contributed by atoms with E-state index in [4.69, 9.17) is 9.15 Å². The molecule has 3 rings (SSSR count). The Labute approximate surface area is 165 Å². The van der Waals surface area contributed by atoms with Crippen molar-refractivity contribution in [3.05, 3.63) is 45.8 Å². The number of carbonyl (C=O) groups excluding carboxylic acids is 1. The topological polar surface area (TPSA) is 71.8 Å². The van der Waals surface area contributed by atoms with Crippen molar-refractivity contribution in [1.82, 2.24) is 10.2 Å². The van der Waals surface area contributed by atoms with Gasteiger partial charge in [0, 0.05) is 37.1 Å². The van der Waals surface area contributed by atoms with E-state index in [1.807, 2.05) is 32.9 Å². The minimum absolute atomic E-state index is 0.121. The van der Waals surface area contributed by atoms with E-state index < -0.39 is 5.60 Å². The van der Waals surface area contributed by atoms with Gasteiger partial charge in [-0.25, -0.2) is 9.59 Å². The largest absolute Gasteiger partial charge is 0.444 e. The Morgan fingerprint density at radius 2 is 1.96 bits per heavy atom. The van der Waals surface area contributed by atoms with E-state index in [9.17, 15) is 9.59 Å². The molecule has 0 atom stereocenters. The molecule has 0 saturated carbocycles. The molecule has 1 saturated heterocycles. The summed E-state index contributed by atoms with van der Waals surface area (Å²) in [5, 5.41) is 3.95. The van der Waals surface area contributed by atoms with E-state index in [0.29, 0.717) is 12.1 Å². The molecule has 1 amide bonds. The highest BCUT2D eigenvalue weighted by molar-refractivity contribution is 5.80.